The Morgan fingerprint density at radius 1 is 1.32 bits per heavy atom. The van der Waals surface area contributed by atoms with E-state index in [1.165, 1.54) is 11.8 Å². The van der Waals surface area contributed by atoms with Crippen molar-refractivity contribution in [3.05, 3.63) is 5.15 Å². The largest absolute Gasteiger partial charge is 0.474 e. The number of aromatic nitrogens is 2. The molecule has 0 atom stereocenters. The van der Waals surface area contributed by atoms with Crippen LogP contribution in [0.3, 0.4) is 0 Å². The SMILES string of the molecule is CCCSc1nc(Cl)c(N)c(OCCOCCO)n1. The number of anilines is 1. The average Bonchev–Trinajstić information content (AvgIpc) is 2.41. The van der Waals surface area contributed by atoms with Gasteiger partial charge in [0.2, 0.25) is 5.88 Å². The van der Waals surface area contributed by atoms with Gasteiger partial charge in [0.05, 0.1) is 19.8 Å². The standard InChI is InChI=1S/C11H18ClN3O3S/c1-2-7-19-11-14-9(12)8(13)10(15-11)18-6-5-17-4-3-16/h16H,2-7,13H2,1H3. The molecular formula is C11H18ClN3O3S. The van der Waals surface area contributed by atoms with E-state index >= 15 is 0 Å². The van der Waals surface area contributed by atoms with Gasteiger partial charge in [-0.1, -0.05) is 30.3 Å². The summed E-state index contributed by atoms with van der Waals surface area (Å²) in [5.41, 5.74) is 5.98. The Morgan fingerprint density at radius 2 is 2.11 bits per heavy atom. The number of hydrogen-bond acceptors (Lipinski definition) is 7. The lowest BCUT2D eigenvalue weighted by atomic mass is 10.5. The van der Waals surface area contributed by atoms with Gasteiger partial charge in [0.15, 0.2) is 10.3 Å². The minimum Gasteiger partial charge on any atom is -0.474 e. The Labute approximate surface area is 121 Å². The first-order valence-electron chi connectivity index (χ1n) is 5.96. The highest BCUT2D eigenvalue weighted by Gasteiger charge is 2.11. The summed E-state index contributed by atoms with van der Waals surface area (Å²) in [6.07, 6.45) is 1.02. The third-order valence-electron chi connectivity index (χ3n) is 1.98. The molecule has 0 fully saturated rings. The fourth-order valence-corrected chi connectivity index (χ4v) is 2.04. The van der Waals surface area contributed by atoms with Crippen LogP contribution in [0.25, 0.3) is 0 Å². The number of halogens is 1. The molecule has 0 aliphatic carbocycles. The van der Waals surface area contributed by atoms with Gasteiger partial charge in [-0.15, -0.1) is 0 Å². The minimum absolute atomic E-state index is 0.0146. The molecule has 108 valence electrons. The molecule has 0 bridgehead atoms. The molecule has 1 aromatic rings. The third kappa shape index (κ3) is 5.82. The molecule has 0 aliphatic heterocycles. The van der Waals surface area contributed by atoms with Crippen molar-refractivity contribution in [2.45, 2.75) is 18.5 Å². The molecule has 0 saturated heterocycles. The maximum absolute atomic E-state index is 8.56. The number of hydrogen-bond donors (Lipinski definition) is 2. The number of nitrogens with zero attached hydrogens (tertiary/aromatic N) is 2. The normalized spacial score (nSPS) is 10.7. The van der Waals surface area contributed by atoms with Crippen molar-refractivity contribution < 1.29 is 14.6 Å². The number of ether oxygens (including phenoxy) is 2. The molecule has 8 heteroatoms. The van der Waals surface area contributed by atoms with Crippen molar-refractivity contribution in [1.82, 2.24) is 9.97 Å². The summed E-state index contributed by atoms with van der Waals surface area (Å²) < 4.78 is 10.5. The average molecular weight is 308 g/mol. The van der Waals surface area contributed by atoms with Crippen molar-refractivity contribution in [3.63, 3.8) is 0 Å². The first-order chi connectivity index (χ1) is 9.19. The van der Waals surface area contributed by atoms with E-state index in [1.54, 1.807) is 0 Å². The first-order valence-corrected chi connectivity index (χ1v) is 7.32. The van der Waals surface area contributed by atoms with Crippen LogP contribution in [0.4, 0.5) is 5.69 Å². The van der Waals surface area contributed by atoms with E-state index < -0.39 is 0 Å². The molecule has 0 amide bonds. The maximum atomic E-state index is 8.56. The second-order valence-electron chi connectivity index (χ2n) is 3.55. The van der Waals surface area contributed by atoms with Gasteiger partial charge in [-0.3, -0.25) is 0 Å². The monoisotopic (exact) mass is 307 g/mol. The maximum Gasteiger partial charge on any atom is 0.243 e. The van der Waals surface area contributed by atoms with Crippen LogP contribution in [-0.2, 0) is 4.74 Å². The van der Waals surface area contributed by atoms with E-state index in [-0.39, 0.29) is 36.5 Å². The number of nitrogens with two attached hydrogens (primary N) is 1. The first kappa shape index (κ1) is 16.3. The molecule has 0 unspecified atom stereocenters. The van der Waals surface area contributed by atoms with Crippen molar-refractivity contribution in [2.75, 3.05) is 37.9 Å². The molecule has 0 saturated carbocycles. The van der Waals surface area contributed by atoms with Crippen LogP contribution in [0, 0.1) is 0 Å². The summed E-state index contributed by atoms with van der Waals surface area (Å²) >= 11 is 7.42. The van der Waals surface area contributed by atoms with Crippen LogP contribution in [0.5, 0.6) is 5.88 Å². The lowest BCUT2D eigenvalue weighted by Gasteiger charge is -2.10. The Kier molecular flexibility index (Phi) is 7.88. The van der Waals surface area contributed by atoms with Crippen LogP contribution in [0.1, 0.15) is 13.3 Å². The van der Waals surface area contributed by atoms with Gasteiger partial charge in [-0.05, 0) is 6.42 Å². The van der Waals surface area contributed by atoms with Crippen LogP contribution >= 0.6 is 23.4 Å². The quantitative estimate of drug-likeness (QED) is 0.310. The summed E-state index contributed by atoms with van der Waals surface area (Å²) in [7, 11) is 0. The Balaban J connectivity index is 2.57. The van der Waals surface area contributed by atoms with E-state index in [9.17, 15) is 0 Å². The predicted molar refractivity (Wildman–Crippen MR) is 75.9 cm³/mol. The van der Waals surface area contributed by atoms with Crippen molar-refractivity contribution in [2.24, 2.45) is 0 Å². The van der Waals surface area contributed by atoms with Gasteiger partial charge in [0.25, 0.3) is 0 Å². The number of rotatable bonds is 9. The fourth-order valence-electron chi connectivity index (χ4n) is 1.14. The minimum atomic E-state index is -0.0146. The Morgan fingerprint density at radius 3 is 2.79 bits per heavy atom. The lowest BCUT2D eigenvalue weighted by Crippen LogP contribution is -2.11. The second kappa shape index (κ2) is 9.19. The zero-order valence-electron chi connectivity index (χ0n) is 10.8. The van der Waals surface area contributed by atoms with Gasteiger partial charge in [0.1, 0.15) is 12.3 Å². The highest BCUT2D eigenvalue weighted by molar-refractivity contribution is 7.99. The lowest BCUT2D eigenvalue weighted by molar-refractivity contribution is 0.0695. The molecular weight excluding hydrogens is 290 g/mol. The van der Waals surface area contributed by atoms with Gasteiger partial charge >= 0.3 is 0 Å². The van der Waals surface area contributed by atoms with Crippen LogP contribution in [0.2, 0.25) is 5.15 Å². The van der Waals surface area contributed by atoms with Crippen LogP contribution in [-0.4, -0.2) is 47.3 Å². The molecule has 3 N–H and O–H groups in total. The number of aliphatic hydroxyl groups excluding tert-OH is 1. The number of aliphatic hydroxyl groups is 1. The van der Waals surface area contributed by atoms with Gasteiger partial charge in [-0.25, -0.2) is 4.98 Å². The smallest absolute Gasteiger partial charge is 0.243 e. The van der Waals surface area contributed by atoms with Gasteiger partial charge in [0, 0.05) is 5.75 Å². The Hall–Kier alpha value is -0.760. The molecule has 1 aromatic heterocycles. The predicted octanol–water partition coefficient (Wildman–Crippen LogP) is 1.60. The van der Waals surface area contributed by atoms with Gasteiger partial charge < -0.3 is 20.3 Å². The molecule has 0 spiro atoms. The highest BCUT2D eigenvalue weighted by Crippen LogP contribution is 2.29. The number of thioether (sulfide) groups is 1. The second-order valence-corrected chi connectivity index (χ2v) is 4.97. The fraction of sp³-hybridized carbons (Fsp3) is 0.636. The molecule has 0 aromatic carbocycles. The summed E-state index contributed by atoms with van der Waals surface area (Å²) in [5.74, 6) is 1.17. The van der Waals surface area contributed by atoms with E-state index in [0.717, 1.165) is 12.2 Å². The zero-order valence-corrected chi connectivity index (χ0v) is 12.3. The molecule has 6 nitrogen and oxygen atoms in total. The van der Waals surface area contributed by atoms with Gasteiger partial charge in [-0.2, -0.15) is 4.98 Å². The molecule has 1 heterocycles. The summed E-state index contributed by atoms with van der Waals surface area (Å²) in [4.78, 5) is 8.28. The summed E-state index contributed by atoms with van der Waals surface area (Å²) in [5, 5.41) is 9.30. The van der Waals surface area contributed by atoms with E-state index in [0.29, 0.717) is 11.8 Å². The summed E-state index contributed by atoms with van der Waals surface area (Å²) in [6, 6.07) is 0. The topological polar surface area (TPSA) is 90.5 Å². The number of nitrogen functional groups attached to an aromatic ring is 1. The highest BCUT2D eigenvalue weighted by atomic mass is 35.5. The van der Waals surface area contributed by atoms with Crippen molar-refractivity contribution >= 4 is 29.1 Å². The van der Waals surface area contributed by atoms with E-state index in [2.05, 4.69) is 16.9 Å². The van der Waals surface area contributed by atoms with E-state index in [4.69, 9.17) is 31.9 Å². The van der Waals surface area contributed by atoms with Crippen molar-refractivity contribution in [3.8, 4) is 5.88 Å². The van der Waals surface area contributed by atoms with Crippen LogP contribution < -0.4 is 10.5 Å². The molecule has 1 rings (SSSR count). The third-order valence-corrected chi connectivity index (χ3v) is 3.32. The van der Waals surface area contributed by atoms with E-state index in [1.807, 2.05) is 0 Å². The zero-order chi connectivity index (χ0) is 14.1. The summed E-state index contributed by atoms with van der Waals surface area (Å²) in [6.45, 7) is 2.97. The Bertz CT molecular complexity index is 396. The van der Waals surface area contributed by atoms with Crippen LogP contribution in [0.15, 0.2) is 5.16 Å². The van der Waals surface area contributed by atoms with Crippen molar-refractivity contribution in [1.29, 1.82) is 0 Å². The molecule has 19 heavy (non-hydrogen) atoms. The molecule has 0 radical (unpaired) electrons. The molecule has 0 aliphatic rings.